The van der Waals surface area contributed by atoms with Crippen LogP contribution in [0.2, 0.25) is 0 Å². The van der Waals surface area contributed by atoms with Crippen LogP contribution in [0.1, 0.15) is 47.1 Å². The van der Waals surface area contributed by atoms with E-state index in [9.17, 15) is 14.7 Å². The fraction of sp³-hybridized carbons (Fsp3) is 0.333. The Labute approximate surface area is 162 Å². The Hall–Kier alpha value is -3.22. The lowest BCUT2D eigenvalue weighted by Gasteiger charge is -2.14. The molecule has 0 radical (unpaired) electrons. The molecule has 2 N–H and O–H groups in total. The van der Waals surface area contributed by atoms with Crippen molar-refractivity contribution in [2.24, 2.45) is 5.92 Å². The van der Waals surface area contributed by atoms with Crippen molar-refractivity contribution in [1.82, 2.24) is 15.5 Å². The molecule has 0 bridgehead atoms. The van der Waals surface area contributed by atoms with E-state index in [2.05, 4.69) is 15.5 Å². The molecule has 0 aliphatic heterocycles. The third kappa shape index (κ3) is 4.19. The van der Waals surface area contributed by atoms with E-state index in [1.807, 2.05) is 44.2 Å². The number of carboxylic acid groups (broad SMARTS) is 1. The molecule has 7 nitrogen and oxygen atoms in total. The van der Waals surface area contributed by atoms with Gasteiger partial charge in [-0.25, -0.2) is 4.98 Å². The standard InChI is InChI=1S/C21H23N3O4/c1-12(2)17-10-16(18-13(3)24-28-20(18)23-17)19(25)22-11-15(21(26)27)9-14-7-5-4-6-8-14/h4-8,10,12,15H,9,11H2,1-3H3,(H,22,25)(H,26,27). The summed E-state index contributed by atoms with van der Waals surface area (Å²) in [7, 11) is 0. The molecule has 2 aromatic heterocycles. The number of pyridine rings is 1. The summed E-state index contributed by atoms with van der Waals surface area (Å²) in [6, 6.07) is 11.1. The lowest BCUT2D eigenvalue weighted by atomic mass is 9.99. The summed E-state index contributed by atoms with van der Waals surface area (Å²) in [6.07, 6.45) is 0.339. The molecule has 146 valence electrons. The number of carbonyl (C=O) groups is 2. The molecule has 7 heteroatoms. The normalized spacial score (nSPS) is 12.3. The van der Waals surface area contributed by atoms with Gasteiger partial charge in [-0.1, -0.05) is 49.3 Å². The molecule has 3 rings (SSSR count). The smallest absolute Gasteiger partial charge is 0.308 e. The summed E-state index contributed by atoms with van der Waals surface area (Å²) >= 11 is 0. The lowest BCUT2D eigenvalue weighted by Crippen LogP contribution is -2.34. The highest BCUT2D eigenvalue weighted by molar-refractivity contribution is 6.06. The molecule has 0 saturated heterocycles. The average Bonchev–Trinajstić information content (AvgIpc) is 3.05. The van der Waals surface area contributed by atoms with E-state index in [4.69, 9.17) is 4.52 Å². The molecule has 28 heavy (non-hydrogen) atoms. The van der Waals surface area contributed by atoms with Crippen LogP contribution < -0.4 is 5.32 Å². The number of aryl methyl sites for hydroxylation is 1. The number of amides is 1. The maximum absolute atomic E-state index is 12.9. The lowest BCUT2D eigenvalue weighted by molar-refractivity contribution is -0.141. The van der Waals surface area contributed by atoms with Gasteiger partial charge in [0, 0.05) is 12.2 Å². The summed E-state index contributed by atoms with van der Waals surface area (Å²) in [4.78, 5) is 28.9. The molecular weight excluding hydrogens is 358 g/mol. The number of benzene rings is 1. The number of aliphatic carboxylic acids is 1. The predicted octanol–water partition coefficient (Wildman–Crippen LogP) is 3.33. The third-order valence-corrected chi connectivity index (χ3v) is 4.66. The molecule has 1 aromatic carbocycles. The summed E-state index contributed by atoms with van der Waals surface area (Å²) < 4.78 is 5.24. The van der Waals surface area contributed by atoms with Gasteiger partial charge >= 0.3 is 5.97 Å². The van der Waals surface area contributed by atoms with Crippen LogP contribution in [-0.4, -0.2) is 33.7 Å². The minimum Gasteiger partial charge on any atom is -0.481 e. The molecule has 0 aliphatic carbocycles. The quantitative estimate of drug-likeness (QED) is 0.650. The highest BCUT2D eigenvalue weighted by Crippen LogP contribution is 2.25. The van der Waals surface area contributed by atoms with E-state index in [-0.39, 0.29) is 18.4 Å². The number of aromatic nitrogens is 2. The van der Waals surface area contributed by atoms with Crippen LogP contribution in [0.15, 0.2) is 40.9 Å². The van der Waals surface area contributed by atoms with Gasteiger partial charge in [-0.3, -0.25) is 9.59 Å². The maximum Gasteiger partial charge on any atom is 0.308 e. The molecular formula is C21H23N3O4. The van der Waals surface area contributed by atoms with Gasteiger partial charge in [-0.15, -0.1) is 0 Å². The maximum atomic E-state index is 12.9. The van der Waals surface area contributed by atoms with Gasteiger partial charge in [0.2, 0.25) is 0 Å². The first kappa shape index (κ1) is 19.5. The van der Waals surface area contributed by atoms with Crippen LogP contribution >= 0.6 is 0 Å². The molecule has 3 aromatic rings. The van der Waals surface area contributed by atoms with Crippen molar-refractivity contribution < 1.29 is 19.2 Å². The van der Waals surface area contributed by atoms with Crippen molar-refractivity contribution in [3.05, 3.63) is 58.9 Å². The van der Waals surface area contributed by atoms with Gasteiger partial charge in [-0.05, 0) is 30.9 Å². The van der Waals surface area contributed by atoms with Gasteiger partial charge in [0.05, 0.1) is 22.6 Å². The molecule has 0 saturated carbocycles. The van der Waals surface area contributed by atoms with E-state index >= 15 is 0 Å². The van der Waals surface area contributed by atoms with E-state index in [0.29, 0.717) is 34.5 Å². The van der Waals surface area contributed by atoms with Gasteiger partial charge in [-0.2, -0.15) is 0 Å². The highest BCUT2D eigenvalue weighted by atomic mass is 16.5. The van der Waals surface area contributed by atoms with Gasteiger partial charge in [0.25, 0.3) is 11.6 Å². The number of nitrogens with one attached hydrogen (secondary N) is 1. The third-order valence-electron chi connectivity index (χ3n) is 4.66. The summed E-state index contributed by atoms with van der Waals surface area (Å²) in [5.41, 5.74) is 2.91. The van der Waals surface area contributed by atoms with E-state index < -0.39 is 11.9 Å². The number of fused-ring (bicyclic) bond motifs is 1. The summed E-state index contributed by atoms with van der Waals surface area (Å²) in [5.74, 6) is -1.93. The minimum atomic E-state index is -0.951. The van der Waals surface area contributed by atoms with Crippen LogP contribution in [0, 0.1) is 12.8 Å². The molecule has 1 amide bonds. The zero-order valence-corrected chi connectivity index (χ0v) is 16.1. The predicted molar refractivity (Wildman–Crippen MR) is 104 cm³/mol. The largest absolute Gasteiger partial charge is 0.481 e. The van der Waals surface area contributed by atoms with E-state index in [1.54, 1.807) is 13.0 Å². The molecule has 1 unspecified atom stereocenters. The fourth-order valence-electron chi connectivity index (χ4n) is 3.05. The zero-order chi connectivity index (χ0) is 20.3. The van der Waals surface area contributed by atoms with Crippen LogP contribution in [-0.2, 0) is 11.2 Å². The van der Waals surface area contributed by atoms with E-state index in [1.165, 1.54) is 0 Å². The number of carbonyl (C=O) groups excluding carboxylic acids is 1. The number of hydrogen-bond donors (Lipinski definition) is 2. The molecule has 0 fully saturated rings. The van der Waals surface area contributed by atoms with Crippen molar-refractivity contribution in [3.63, 3.8) is 0 Å². The van der Waals surface area contributed by atoms with Gasteiger partial charge < -0.3 is 14.9 Å². The fourth-order valence-corrected chi connectivity index (χ4v) is 3.05. The first-order valence-corrected chi connectivity index (χ1v) is 9.18. The number of carboxylic acids is 1. The van der Waals surface area contributed by atoms with Crippen molar-refractivity contribution in [2.75, 3.05) is 6.54 Å². The summed E-state index contributed by atoms with van der Waals surface area (Å²) in [5, 5.41) is 16.7. The first-order valence-electron chi connectivity index (χ1n) is 9.18. The topological polar surface area (TPSA) is 105 Å². The second-order valence-electron chi connectivity index (χ2n) is 7.13. The Morgan fingerprint density at radius 2 is 1.93 bits per heavy atom. The Morgan fingerprint density at radius 3 is 2.57 bits per heavy atom. The number of hydrogen-bond acceptors (Lipinski definition) is 5. The van der Waals surface area contributed by atoms with Crippen LogP contribution in [0.25, 0.3) is 11.1 Å². The monoisotopic (exact) mass is 381 g/mol. The van der Waals surface area contributed by atoms with E-state index in [0.717, 1.165) is 5.56 Å². The number of rotatable bonds is 7. The Balaban J connectivity index is 1.82. The Kier molecular flexibility index (Phi) is 5.73. The van der Waals surface area contributed by atoms with Crippen LogP contribution in [0.4, 0.5) is 0 Å². The van der Waals surface area contributed by atoms with Gasteiger partial charge in [0.1, 0.15) is 0 Å². The first-order chi connectivity index (χ1) is 13.4. The van der Waals surface area contributed by atoms with Crippen molar-refractivity contribution in [1.29, 1.82) is 0 Å². The zero-order valence-electron chi connectivity index (χ0n) is 16.1. The molecule has 1 atom stereocenters. The highest BCUT2D eigenvalue weighted by Gasteiger charge is 2.23. The second kappa shape index (κ2) is 8.21. The number of nitrogens with zero attached hydrogens (tertiary/aromatic N) is 2. The van der Waals surface area contributed by atoms with Crippen molar-refractivity contribution in [3.8, 4) is 0 Å². The average molecular weight is 381 g/mol. The Morgan fingerprint density at radius 1 is 1.21 bits per heavy atom. The SMILES string of the molecule is Cc1noc2nc(C(C)C)cc(C(=O)NCC(Cc3ccccc3)C(=O)O)c12. The van der Waals surface area contributed by atoms with Crippen LogP contribution in [0.3, 0.4) is 0 Å². The van der Waals surface area contributed by atoms with Gasteiger partial charge in [0.15, 0.2) is 0 Å². The summed E-state index contributed by atoms with van der Waals surface area (Å²) in [6.45, 7) is 5.71. The second-order valence-corrected chi connectivity index (χ2v) is 7.13. The van der Waals surface area contributed by atoms with Crippen LogP contribution in [0.5, 0.6) is 0 Å². The minimum absolute atomic E-state index is 0.0220. The Bertz CT molecular complexity index is 996. The molecule has 0 spiro atoms. The molecule has 2 heterocycles. The molecule has 0 aliphatic rings. The van der Waals surface area contributed by atoms with Crippen molar-refractivity contribution >= 4 is 23.0 Å². The van der Waals surface area contributed by atoms with Crippen molar-refractivity contribution in [2.45, 2.75) is 33.1 Å².